The minimum Gasteiger partial charge on any atom is -0.270 e. The SMILES string of the molecule is Cc1ccc(S(=O)(=O)C2C=CN(S(=O)(=O)c3ccc(C)cc3)C(Cc3ccccc3)C2)cc1. The molecule has 0 bridgehead atoms. The summed E-state index contributed by atoms with van der Waals surface area (Å²) in [6, 6.07) is 22.5. The maximum absolute atomic E-state index is 13.5. The molecule has 7 heteroatoms. The lowest BCUT2D eigenvalue weighted by Crippen LogP contribution is -2.44. The van der Waals surface area contributed by atoms with Gasteiger partial charge in [-0.15, -0.1) is 0 Å². The lowest BCUT2D eigenvalue weighted by molar-refractivity contribution is 0.359. The van der Waals surface area contributed by atoms with E-state index in [1.807, 2.05) is 44.2 Å². The van der Waals surface area contributed by atoms with E-state index in [0.717, 1.165) is 16.7 Å². The van der Waals surface area contributed by atoms with Gasteiger partial charge in [-0.2, -0.15) is 0 Å². The molecular formula is C26H27NO4S2. The summed E-state index contributed by atoms with van der Waals surface area (Å²) in [5, 5.41) is -0.807. The molecule has 4 rings (SSSR count). The summed E-state index contributed by atoms with van der Waals surface area (Å²) in [5.74, 6) is 0. The fourth-order valence-electron chi connectivity index (χ4n) is 4.05. The van der Waals surface area contributed by atoms with Crippen LogP contribution in [0, 0.1) is 13.8 Å². The van der Waals surface area contributed by atoms with Gasteiger partial charge < -0.3 is 0 Å². The third kappa shape index (κ3) is 4.89. The second-order valence-corrected chi connectivity index (χ2v) is 12.5. The standard InChI is InChI=1S/C26H27NO4S2/c1-20-8-12-24(13-9-20)32(28,29)26-16-17-27(23(19-26)18-22-6-4-3-5-7-22)33(30,31)25-14-10-21(2)11-15-25/h3-17,23,26H,18-19H2,1-2H3. The molecule has 1 aliphatic heterocycles. The van der Waals surface area contributed by atoms with Crippen molar-refractivity contribution >= 4 is 19.9 Å². The van der Waals surface area contributed by atoms with Gasteiger partial charge in [0.25, 0.3) is 10.0 Å². The van der Waals surface area contributed by atoms with Gasteiger partial charge in [-0.1, -0.05) is 65.7 Å². The summed E-state index contributed by atoms with van der Waals surface area (Å²) in [7, 11) is -7.49. The molecule has 0 amide bonds. The second kappa shape index (κ2) is 9.15. The summed E-state index contributed by atoms with van der Waals surface area (Å²) in [4.78, 5) is 0.437. The molecule has 0 spiro atoms. The molecule has 1 heterocycles. The average Bonchev–Trinajstić information content (AvgIpc) is 2.80. The number of sulfonamides is 1. The molecule has 2 unspecified atom stereocenters. The quantitative estimate of drug-likeness (QED) is 0.513. The maximum Gasteiger partial charge on any atom is 0.264 e. The summed E-state index contributed by atoms with van der Waals surface area (Å²) in [6.45, 7) is 3.80. The van der Waals surface area contributed by atoms with E-state index in [4.69, 9.17) is 0 Å². The number of aryl methyl sites for hydroxylation is 2. The van der Waals surface area contributed by atoms with Gasteiger partial charge in [0.2, 0.25) is 0 Å². The van der Waals surface area contributed by atoms with Crippen LogP contribution in [0.1, 0.15) is 23.1 Å². The Hall–Kier alpha value is -2.90. The van der Waals surface area contributed by atoms with Crippen LogP contribution >= 0.6 is 0 Å². The molecule has 172 valence electrons. The van der Waals surface area contributed by atoms with Crippen molar-refractivity contribution in [1.82, 2.24) is 4.31 Å². The van der Waals surface area contributed by atoms with Crippen molar-refractivity contribution in [1.29, 1.82) is 0 Å². The Morgan fingerprint density at radius 3 is 1.88 bits per heavy atom. The highest BCUT2D eigenvalue weighted by atomic mass is 32.2. The van der Waals surface area contributed by atoms with Gasteiger partial charge in [-0.05, 0) is 62.6 Å². The first-order chi connectivity index (χ1) is 15.7. The van der Waals surface area contributed by atoms with Crippen LogP contribution in [0.4, 0.5) is 0 Å². The predicted octanol–water partition coefficient (Wildman–Crippen LogP) is 4.67. The molecule has 2 atom stereocenters. The molecule has 0 N–H and O–H groups in total. The van der Waals surface area contributed by atoms with E-state index in [2.05, 4.69) is 0 Å². The highest BCUT2D eigenvalue weighted by molar-refractivity contribution is 7.92. The predicted molar refractivity (Wildman–Crippen MR) is 130 cm³/mol. The van der Waals surface area contributed by atoms with Crippen LogP contribution in [0.15, 0.2) is 101 Å². The third-order valence-corrected chi connectivity index (χ3v) is 9.89. The zero-order chi connectivity index (χ0) is 23.6. The number of hydrogen-bond acceptors (Lipinski definition) is 4. The Balaban J connectivity index is 1.72. The molecule has 33 heavy (non-hydrogen) atoms. The van der Waals surface area contributed by atoms with Crippen LogP contribution in [-0.2, 0) is 26.3 Å². The summed E-state index contributed by atoms with van der Waals surface area (Å²) in [6.07, 6.45) is 3.52. The van der Waals surface area contributed by atoms with E-state index in [0.29, 0.717) is 6.42 Å². The van der Waals surface area contributed by atoms with Gasteiger partial charge >= 0.3 is 0 Å². The Bertz CT molecular complexity index is 1350. The number of sulfone groups is 1. The minimum atomic E-state index is -3.84. The molecule has 0 fully saturated rings. The van der Waals surface area contributed by atoms with Crippen LogP contribution in [0.2, 0.25) is 0 Å². The van der Waals surface area contributed by atoms with Gasteiger partial charge in [0.1, 0.15) is 0 Å². The Kier molecular flexibility index (Phi) is 6.45. The van der Waals surface area contributed by atoms with Crippen LogP contribution in [-0.4, -0.2) is 32.4 Å². The van der Waals surface area contributed by atoms with Crippen LogP contribution in [0.5, 0.6) is 0 Å². The minimum absolute atomic E-state index is 0.173. The summed E-state index contributed by atoms with van der Waals surface area (Å²) in [5.41, 5.74) is 2.90. The first kappa shape index (κ1) is 23.3. The molecule has 0 aliphatic carbocycles. The molecule has 3 aromatic carbocycles. The Morgan fingerprint density at radius 2 is 1.30 bits per heavy atom. The summed E-state index contributed by atoms with van der Waals surface area (Å²) < 4.78 is 55.0. The van der Waals surface area contributed by atoms with Crippen molar-refractivity contribution in [3.63, 3.8) is 0 Å². The van der Waals surface area contributed by atoms with Gasteiger partial charge in [-0.3, -0.25) is 4.31 Å². The van der Waals surface area contributed by atoms with Gasteiger partial charge in [0.05, 0.1) is 21.1 Å². The number of benzene rings is 3. The van der Waals surface area contributed by atoms with Gasteiger partial charge in [-0.25, -0.2) is 16.8 Å². The van der Waals surface area contributed by atoms with Crippen molar-refractivity contribution in [2.24, 2.45) is 0 Å². The largest absolute Gasteiger partial charge is 0.270 e. The maximum atomic E-state index is 13.5. The number of hydrogen-bond donors (Lipinski definition) is 0. The molecule has 1 aliphatic rings. The lowest BCUT2D eigenvalue weighted by atomic mass is 10.00. The molecule has 5 nitrogen and oxygen atoms in total. The topological polar surface area (TPSA) is 71.5 Å². The average molecular weight is 482 g/mol. The molecule has 0 saturated heterocycles. The van der Waals surface area contributed by atoms with E-state index in [1.165, 1.54) is 16.6 Å². The second-order valence-electron chi connectivity index (χ2n) is 8.47. The first-order valence-corrected chi connectivity index (χ1v) is 13.8. The van der Waals surface area contributed by atoms with E-state index < -0.39 is 31.2 Å². The summed E-state index contributed by atoms with van der Waals surface area (Å²) >= 11 is 0. The fourth-order valence-corrected chi connectivity index (χ4v) is 7.18. The van der Waals surface area contributed by atoms with Crippen molar-refractivity contribution in [2.75, 3.05) is 0 Å². The molecule has 0 aromatic heterocycles. The van der Waals surface area contributed by atoms with Crippen molar-refractivity contribution < 1.29 is 16.8 Å². The van der Waals surface area contributed by atoms with E-state index in [-0.39, 0.29) is 16.2 Å². The highest BCUT2D eigenvalue weighted by Crippen LogP contribution is 2.31. The molecule has 3 aromatic rings. The van der Waals surface area contributed by atoms with Gasteiger partial charge in [0, 0.05) is 6.20 Å². The zero-order valence-corrected chi connectivity index (χ0v) is 20.3. The smallest absolute Gasteiger partial charge is 0.264 e. The van der Waals surface area contributed by atoms with Gasteiger partial charge in [0.15, 0.2) is 9.84 Å². The van der Waals surface area contributed by atoms with Crippen molar-refractivity contribution in [3.8, 4) is 0 Å². The normalized spacial score (nSPS) is 18.9. The Morgan fingerprint density at radius 1 is 0.758 bits per heavy atom. The van der Waals surface area contributed by atoms with E-state index in [9.17, 15) is 16.8 Å². The fraction of sp³-hybridized carbons (Fsp3) is 0.231. The van der Waals surface area contributed by atoms with E-state index in [1.54, 1.807) is 48.5 Å². The Labute approximate surface area is 196 Å². The highest BCUT2D eigenvalue weighted by Gasteiger charge is 2.38. The van der Waals surface area contributed by atoms with Crippen LogP contribution in [0.25, 0.3) is 0 Å². The van der Waals surface area contributed by atoms with E-state index >= 15 is 0 Å². The zero-order valence-electron chi connectivity index (χ0n) is 18.6. The van der Waals surface area contributed by atoms with Crippen LogP contribution < -0.4 is 0 Å². The van der Waals surface area contributed by atoms with Crippen molar-refractivity contribution in [3.05, 3.63) is 108 Å². The lowest BCUT2D eigenvalue weighted by Gasteiger charge is -2.35. The third-order valence-electron chi connectivity index (χ3n) is 5.97. The monoisotopic (exact) mass is 481 g/mol. The number of rotatable bonds is 6. The van der Waals surface area contributed by atoms with Crippen molar-refractivity contribution in [2.45, 2.75) is 47.8 Å². The first-order valence-electron chi connectivity index (χ1n) is 10.8. The molecule has 0 saturated carbocycles. The molecule has 0 radical (unpaired) electrons. The van der Waals surface area contributed by atoms with Crippen LogP contribution in [0.3, 0.4) is 0 Å². The molecular weight excluding hydrogens is 454 g/mol. The number of nitrogens with zero attached hydrogens (tertiary/aromatic N) is 1.